The summed E-state index contributed by atoms with van der Waals surface area (Å²) in [6, 6.07) is 20.4. The van der Waals surface area contributed by atoms with Gasteiger partial charge < -0.3 is 8.98 Å². The van der Waals surface area contributed by atoms with Gasteiger partial charge in [0.2, 0.25) is 0 Å². The van der Waals surface area contributed by atoms with E-state index in [2.05, 4.69) is 139 Å². The number of hydrogen-bond donors (Lipinski definition) is 0. The van der Waals surface area contributed by atoms with Crippen LogP contribution in [0.3, 0.4) is 0 Å². The number of aromatic nitrogens is 4. The number of nitrogens with zero attached hydrogens (tertiary/aromatic N) is 4. The zero-order chi connectivity index (χ0) is 41.2. The van der Waals surface area contributed by atoms with Gasteiger partial charge in [-0.25, -0.2) is 15.0 Å². The second kappa shape index (κ2) is 13.7. The highest BCUT2D eigenvalue weighted by Gasteiger charge is 2.29. The number of rotatable bonds is 4. The highest BCUT2D eigenvalue weighted by atomic mass is 16.3. The Morgan fingerprint density at radius 2 is 0.724 bits per heavy atom. The lowest BCUT2D eigenvalue weighted by atomic mass is 9.63. The molecule has 9 rings (SSSR count). The van der Waals surface area contributed by atoms with Crippen molar-refractivity contribution in [2.45, 2.75) is 0 Å². The van der Waals surface area contributed by atoms with Gasteiger partial charge in [0.05, 0.1) is 5.56 Å². The summed E-state index contributed by atoms with van der Waals surface area (Å²) in [4.78, 5) is 15.5. The fraction of sp³-hybridized carbons (Fsp3) is 0. The summed E-state index contributed by atoms with van der Waals surface area (Å²) >= 11 is 0. The van der Waals surface area contributed by atoms with E-state index in [4.69, 9.17) is 19.4 Å². The van der Waals surface area contributed by atoms with Gasteiger partial charge in [0.1, 0.15) is 121 Å². The lowest BCUT2D eigenvalue weighted by molar-refractivity contribution is 0.672. The molecule has 0 radical (unpaired) electrons. The largest absolute Gasteiger partial charge is 0.456 e. The SMILES string of the molecule is Bc1c(B)c(B)c2c(oc3c(B)c(-n4c5c(B)c(B)c(B)c(B)c5c5c(B)c(B)c(B)c(B)c54)c(B)c(B)c32)c1-c1nc(-c2ccccc2)nc(-c2ccccc2)n1. The Hall–Kier alpha value is -5.16. The minimum Gasteiger partial charge on any atom is -0.456 e. The third-order valence-electron chi connectivity index (χ3n) is 14.2. The normalized spacial score (nSPS) is 11.7. The predicted molar refractivity (Wildman–Crippen MR) is 292 cm³/mol. The Bertz CT molecular complexity index is 3140. The molecule has 0 aliphatic carbocycles. The Kier molecular flexibility index (Phi) is 9.07. The van der Waals surface area contributed by atoms with Crippen molar-refractivity contribution in [2.24, 2.45) is 0 Å². The molecule has 262 valence electrons. The quantitative estimate of drug-likeness (QED) is 0.169. The Balaban J connectivity index is 1.44. The first-order valence-electron chi connectivity index (χ1n) is 20.5. The summed E-state index contributed by atoms with van der Waals surface area (Å²) in [6.07, 6.45) is 0. The molecule has 0 bridgehead atoms. The molecule has 0 unspecified atom stereocenters. The van der Waals surface area contributed by atoms with Crippen LogP contribution in [0.5, 0.6) is 0 Å². The van der Waals surface area contributed by atoms with E-state index in [0.29, 0.717) is 17.5 Å². The molecule has 6 aromatic carbocycles. The van der Waals surface area contributed by atoms with Crippen molar-refractivity contribution in [3.8, 4) is 39.9 Å². The molecule has 0 N–H and O–H groups in total. The van der Waals surface area contributed by atoms with Crippen LogP contribution in [-0.4, -0.2) is 129 Å². The molecule has 19 heteroatoms. The smallest absolute Gasteiger partial charge is 0.167 e. The van der Waals surface area contributed by atoms with Gasteiger partial charge in [-0.2, -0.15) is 0 Å². The molecule has 0 aliphatic rings. The molecular formula is C39H38B14N4O. The van der Waals surface area contributed by atoms with E-state index in [0.717, 1.165) is 49.6 Å². The first-order valence-corrected chi connectivity index (χ1v) is 20.5. The number of furan rings is 1. The molecular weight excluding hydrogens is 692 g/mol. The molecule has 0 fully saturated rings. The van der Waals surface area contributed by atoms with Crippen molar-refractivity contribution < 1.29 is 4.42 Å². The van der Waals surface area contributed by atoms with Crippen LogP contribution >= 0.6 is 0 Å². The highest BCUT2D eigenvalue weighted by molar-refractivity contribution is 6.72. The average Bonchev–Trinajstić information content (AvgIpc) is 3.80. The van der Waals surface area contributed by atoms with Crippen LogP contribution in [0.2, 0.25) is 0 Å². The van der Waals surface area contributed by atoms with E-state index >= 15 is 0 Å². The number of fused-ring (bicyclic) bond motifs is 6. The molecule has 0 aliphatic heterocycles. The Morgan fingerprint density at radius 1 is 0.345 bits per heavy atom. The maximum atomic E-state index is 7.36. The lowest BCUT2D eigenvalue weighted by Crippen LogP contribution is -2.49. The van der Waals surface area contributed by atoms with Gasteiger partial charge in [0.15, 0.2) is 17.5 Å². The van der Waals surface area contributed by atoms with Crippen LogP contribution in [0.15, 0.2) is 65.1 Å². The zero-order valence-electron chi connectivity index (χ0n) is 36.5. The molecule has 0 saturated heterocycles. The van der Waals surface area contributed by atoms with Gasteiger partial charge in [-0.15, -0.1) is 10.9 Å². The van der Waals surface area contributed by atoms with Crippen molar-refractivity contribution >= 4 is 230 Å². The van der Waals surface area contributed by atoms with Crippen LogP contribution in [0.1, 0.15) is 0 Å². The topological polar surface area (TPSA) is 56.7 Å². The van der Waals surface area contributed by atoms with E-state index in [-0.39, 0.29) is 0 Å². The van der Waals surface area contributed by atoms with Crippen LogP contribution < -0.4 is 76.5 Å². The van der Waals surface area contributed by atoms with Gasteiger partial charge in [-0.05, 0) is 16.2 Å². The lowest BCUT2D eigenvalue weighted by Gasteiger charge is -2.22. The molecule has 58 heavy (non-hydrogen) atoms. The summed E-state index contributed by atoms with van der Waals surface area (Å²) < 4.78 is 9.96. The van der Waals surface area contributed by atoms with Gasteiger partial charge >= 0.3 is 0 Å². The van der Waals surface area contributed by atoms with Crippen LogP contribution in [0.4, 0.5) is 0 Å². The van der Waals surface area contributed by atoms with Crippen LogP contribution in [0.25, 0.3) is 83.6 Å². The summed E-state index contributed by atoms with van der Waals surface area (Å²) in [5, 5.41) is 5.02. The minimum absolute atomic E-state index is 0.612. The van der Waals surface area contributed by atoms with E-state index in [1.165, 1.54) is 93.0 Å². The zero-order valence-corrected chi connectivity index (χ0v) is 36.5. The third kappa shape index (κ3) is 5.27. The van der Waals surface area contributed by atoms with Crippen molar-refractivity contribution in [3.05, 3.63) is 60.7 Å². The first kappa shape index (κ1) is 38.4. The van der Waals surface area contributed by atoms with Gasteiger partial charge in [0.25, 0.3) is 0 Å². The molecule has 3 heterocycles. The van der Waals surface area contributed by atoms with Gasteiger partial charge in [-0.1, -0.05) is 121 Å². The Morgan fingerprint density at radius 3 is 1.21 bits per heavy atom. The maximum Gasteiger partial charge on any atom is 0.167 e. The monoisotopic (exact) mass is 732 g/mol. The molecule has 3 aromatic heterocycles. The maximum absolute atomic E-state index is 7.36. The fourth-order valence-corrected chi connectivity index (χ4v) is 9.78. The molecule has 0 spiro atoms. The second-order valence-electron chi connectivity index (χ2n) is 16.8. The van der Waals surface area contributed by atoms with E-state index in [1.807, 2.05) is 36.4 Å². The van der Waals surface area contributed by atoms with Gasteiger partial charge in [0, 0.05) is 38.6 Å². The average molecular weight is 730 g/mol. The third-order valence-corrected chi connectivity index (χ3v) is 14.2. The van der Waals surface area contributed by atoms with E-state index < -0.39 is 0 Å². The Labute approximate surface area is 352 Å². The molecule has 0 amide bonds. The van der Waals surface area contributed by atoms with E-state index in [9.17, 15) is 0 Å². The number of benzene rings is 6. The van der Waals surface area contributed by atoms with Crippen molar-refractivity contribution in [1.82, 2.24) is 19.5 Å². The van der Waals surface area contributed by atoms with E-state index in [1.54, 1.807) is 0 Å². The molecule has 0 atom stereocenters. The first-order chi connectivity index (χ1) is 27.6. The van der Waals surface area contributed by atoms with Crippen molar-refractivity contribution in [3.63, 3.8) is 0 Å². The highest BCUT2D eigenvalue weighted by Crippen LogP contribution is 2.34. The van der Waals surface area contributed by atoms with Crippen molar-refractivity contribution in [1.29, 1.82) is 0 Å². The summed E-state index contributed by atoms with van der Waals surface area (Å²) in [5.41, 5.74) is 26.3. The van der Waals surface area contributed by atoms with Crippen LogP contribution in [-0.2, 0) is 0 Å². The standard InChI is InChI=1S/C39H38B14N4O/c40-18-13-14-19(41)25(47)27(49)30(52)33(14)57(32(13)29(51)26(48)24(18)46)34-28(50)21(43)16-15-20(42)23(45)22(44)17(35(15)58-36(16)31(34)53)39-55-37(11-7-3-1-4-8-11)54-38(56-39)12-9-5-2-6-10-12/h1-10H,40-53H2. The fourth-order valence-electron chi connectivity index (χ4n) is 9.78. The second-order valence-corrected chi connectivity index (χ2v) is 16.8. The predicted octanol–water partition coefficient (Wildman–Crippen LogP) is -14.5. The van der Waals surface area contributed by atoms with Crippen molar-refractivity contribution in [2.75, 3.05) is 0 Å². The molecule has 5 nitrogen and oxygen atoms in total. The molecule has 0 saturated carbocycles. The summed E-state index contributed by atoms with van der Waals surface area (Å²) in [5.74, 6) is 1.88. The minimum atomic E-state index is 0.612. The number of hydrogen-bond acceptors (Lipinski definition) is 4. The molecule has 9 aromatic rings. The summed E-state index contributed by atoms with van der Waals surface area (Å²) in [7, 11) is 31.9. The van der Waals surface area contributed by atoms with Gasteiger partial charge in [-0.3, -0.25) is 0 Å². The summed E-state index contributed by atoms with van der Waals surface area (Å²) in [6.45, 7) is 0. The van der Waals surface area contributed by atoms with Crippen LogP contribution in [0, 0.1) is 0 Å².